The largest absolute Gasteiger partial charge is 0.314 e. The Morgan fingerprint density at radius 2 is 1.08 bits per heavy atom. The van der Waals surface area contributed by atoms with E-state index < -0.39 is 0 Å². The Bertz CT molecular complexity index is 2620. The predicted octanol–water partition coefficient (Wildman–Crippen LogP) is 16.6. The average Bonchev–Trinajstić information content (AvgIpc) is 3.74. The van der Waals surface area contributed by atoms with E-state index in [9.17, 15) is 0 Å². The average molecular weight is 795 g/mol. The standard InChI is InChI=1S/C59H58N2/c1-13-23-36-53-45(12)60(52(19-7)42-50(31-15-3)49-34-29-26-30-35-49)57(20-8)55(53)41-38-44(11)47(17-5)43-56-54(37-24-14-2)58(21-9)61(59(56)22-10)51(18-6)40-39-46(16-4)48-32-27-25-28-33-48/h13-43H,1-2,4-6,8-11H2,3,7,12H3/b31-15-,36-23-,37-24-,41-38-,46-39+,47-43+,50-42+,51-40+,52-19+. The number of aromatic nitrogens is 2. The van der Waals surface area contributed by atoms with Gasteiger partial charge in [-0.15, -0.1) is 0 Å². The molecule has 0 aliphatic rings. The Morgan fingerprint density at radius 1 is 0.541 bits per heavy atom. The zero-order valence-corrected chi connectivity index (χ0v) is 36.2. The van der Waals surface area contributed by atoms with Crippen molar-refractivity contribution in [1.82, 2.24) is 9.13 Å². The van der Waals surface area contributed by atoms with Crippen molar-refractivity contribution in [2.24, 2.45) is 0 Å². The van der Waals surface area contributed by atoms with Gasteiger partial charge in [0.25, 0.3) is 0 Å². The van der Waals surface area contributed by atoms with Gasteiger partial charge in [-0.2, -0.15) is 0 Å². The third-order valence-electron chi connectivity index (χ3n) is 10.1. The van der Waals surface area contributed by atoms with Crippen LogP contribution in [0.2, 0.25) is 0 Å². The van der Waals surface area contributed by atoms with Gasteiger partial charge in [-0.05, 0) is 96.7 Å². The maximum Gasteiger partial charge on any atom is 0.0535 e. The summed E-state index contributed by atoms with van der Waals surface area (Å²) in [6, 6.07) is 20.6. The van der Waals surface area contributed by atoms with Gasteiger partial charge in [-0.3, -0.25) is 0 Å². The van der Waals surface area contributed by atoms with Crippen molar-refractivity contribution in [2.75, 3.05) is 0 Å². The lowest BCUT2D eigenvalue weighted by Crippen LogP contribution is -2.01. The summed E-state index contributed by atoms with van der Waals surface area (Å²) in [7, 11) is 0. The molecule has 0 spiro atoms. The van der Waals surface area contributed by atoms with Gasteiger partial charge in [-0.25, -0.2) is 0 Å². The second-order valence-corrected chi connectivity index (χ2v) is 13.7. The Kier molecular flexibility index (Phi) is 17.4. The van der Waals surface area contributed by atoms with Gasteiger partial charge in [-0.1, -0.05) is 205 Å². The summed E-state index contributed by atoms with van der Waals surface area (Å²) < 4.78 is 4.36. The van der Waals surface area contributed by atoms with Crippen molar-refractivity contribution in [1.29, 1.82) is 0 Å². The van der Waals surface area contributed by atoms with E-state index in [0.29, 0.717) is 0 Å². The molecule has 4 rings (SSSR count). The third kappa shape index (κ3) is 10.7. The van der Waals surface area contributed by atoms with E-state index in [1.54, 1.807) is 12.2 Å². The minimum atomic E-state index is 0.766. The number of hydrogen-bond acceptors (Lipinski definition) is 0. The van der Waals surface area contributed by atoms with Gasteiger partial charge < -0.3 is 9.13 Å². The molecule has 2 heterocycles. The van der Waals surface area contributed by atoms with Crippen LogP contribution >= 0.6 is 0 Å². The molecule has 2 heteroatoms. The summed E-state index contributed by atoms with van der Waals surface area (Å²) in [5, 5.41) is 0. The lowest BCUT2D eigenvalue weighted by Gasteiger charge is -2.13. The number of nitrogens with zero attached hydrogens (tertiary/aromatic N) is 2. The molecule has 0 saturated carbocycles. The molecular weight excluding hydrogens is 737 g/mol. The predicted molar refractivity (Wildman–Crippen MR) is 277 cm³/mol. The highest BCUT2D eigenvalue weighted by atomic mass is 15.0. The number of allylic oxidation sites excluding steroid dienone is 20. The van der Waals surface area contributed by atoms with E-state index in [2.05, 4.69) is 161 Å². The maximum absolute atomic E-state index is 4.54. The highest BCUT2D eigenvalue weighted by molar-refractivity contribution is 5.88. The van der Waals surface area contributed by atoms with Crippen molar-refractivity contribution in [3.63, 3.8) is 0 Å². The Morgan fingerprint density at radius 3 is 1.59 bits per heavy atom. The molecule has 304 valence electrons. The SMILES string of the molecule is C=C/C=C\c1c(/C=C\C(=C)/C(C=C)=C/c2c(/C=C\C=C)c(C=C)n(/C(C=C)=C/C=C(\C=C)c3ccccc3)c2C=C)c(C=C)n(C(/C=C(\C=C/C)c2ccccc2)=C/C)c1C. The Labute approximate surface area is 365 Å². The maximum atomic E-state index is 4.54. The molecule has 2 aromatic heterocycles. The van der Waals surface area contributed by atoms with Crippen molar-refractivity contribution in [3.05, 3.63) is 272 Å². The Hall–Kier alpha value is -7.68. The molecule has 0 aliphatic heterocycles. The fourth-order valence-corrected chi connectivity index (χ4v) is 7.17. The van der Waals surface area contributed by atoms with Gasteiger partial charge in [0, 0.05) is 39.3 Å². The van der Waals surface area contributed by atoms with Crippen LogP contribution in [0.5, 0.6) is 0 Å². The van der Waals surface area contributed by atoms with E-state index in [1.165, 1.54) is 0 Å². The van der Waals surface area contributed by atoms with Crippen LogP contribution in [-0.2, 0) is 0 Å². The monoisotopic (exact) mass is 794 g/mol. The lowest BCUT2D eigenvalue weighted by atomic mass is 9.99. The van der Waals surface area contributed by atoms with Crippen LogP contribution in [-0.4, -0.2) is 9.13 Å². The highest BCUT2D eigenvalue weighted by Gasteiger charge is 2.20. The topological polar surface area (TPSA) is 9.86 Å². The first-order chi connectivity index (χ1) is 29.7. The van der Waals surface area contributed by atoms with E-state index >= 15 is 0 Å². The van der Waals surface area contributed by atoms with Crippen LogP contribution in [0.1, 0.15) is 70.0 Å². The van der Waals surface area contributed by atoms with Gasteiger partial charge in [0.05, 0.1) is 17.1 Å². The minimum Gasteiger partial charge on any atom is -0.314 e. The molecule has 61 heavy (non-hydrogen) atoms. The quantitative estimate of drug-likeness (QED) is 0.0744. The van der Waals surface area contributed by atoms with E-state index in [-0.39, 0.29) is 0 Å². The van der Waals surface area contributed by atoms with Crippen LogP contribution in [0.15, 0.2) is 216 Å². The van der Waals surface area contributed by atoms with Crippen LogP contribution in [0.25, 0.3) is 65.1 Å². The summed E-state index contributed by atoms with van der Waals surface area (Å²) in [4.78, 5) is 0. The molecule has 2 aromatic carbocycles. The molecule has 2 nitrogen and oxygen atoms in total. The molecule has 0 bridgehead atoms. The molecule has 0 radical (unpaired) electrons. The summed E-state index contributed by atoms with van der Waals surface area (Å²) in [6.45, 7) is 43.9. The highest BCUT2D eigenvalue weighted by Crippen LogP contribution is 2.35. The molecule has 0 saturated heterocycles. The molecule has 0 amide bonds. The third-order valence-corrected chi connectivity index (χ3v) is 10.1. The van der Waals surface area contributed by atoms with Crippen LogP contribution in [0, 0.1) is 6.92 Å². The van der Waals surface area contributed by atoms with Gasteiger partial charge in [0.1, 0.15) is 0 Å². The van der Waals surface area contributed by atoms with Crippen molar-refractivity contribution >= 4 is 65.1 Å². The zero-order chi connectivity index (χ0) is 44.3. The van der Waals surface area contributed by atoms with Crippen LogP contribution < -0.4 is 0 Å². The first kappa shape index (κ1) is 46.0. The lowest BCUT2D eigenvalue weighted by molar-refractivity contribution is 1.03. The summed E-state index contributed by atoms with van der Waals surface area (Å²) in [5.41, 5.74) is 15.4. The van der Waals surface area contributed by atoms with E-state index in [1.807, 2.05) is 104 Å². The van der Waals surface area contributed by atoms with Crippen LogP contribution in [0.3, 0.4) is 0 Å². The fraction of sp³-hybridized carbons (Fsp3) is 0.0508. The summed E-state index contributed by atoms with van der Waals surface area (Å²) >= 11 is 0. The normalized spacial score (nSPS) is 13.0. The van der Waals surface area contributed by atoms with Crippen molar-refractivity contribution in [2.45, 2.75) is 20.8 Å². The summed E-state index contributed by atoms with van der Waals surface area (Å²) in [6.07, 6.45) is 41.5. The first-order valence-corrected chi connectivity index (χ1v) is 20.2. The van der Waals surface area contributed by atoms with Gasteiger partial charge in [0.15, 0.2) is 0 Å². The van der Waals surface area contributed by atoms with Gasteiger partial charge >= 0.3 is 0 Å². The molecule has 0 aliphatic carbocycles. The molecule has 0 atom stereocenters. The molecule has 0 unspecified atom stereocenters. The zero-order valence-electron chi connectivity index (χ0n) is 36.2. The smallest absolute Gasteiger partial charge is 0.0535 e. The fourth-order valence-electron chi connectivity index (χ4n) is 7.17. The molecular formula is C59H58N2. The molecule has 0 fully saturated rings. The first-order valence-electron chi connectivity index (χ1n) is 20.2. The summed E-state index contributed by atoms with van der Waals surface area (Å²) in [5.74, 6) is 0. The van der Waals surface area contributed by atoms with E-state index in [0.717, 1.165) is 89.8 Å². The number of benzene rings is 2. The number of hydrogen-bond donors (Lipinski definition) is 0. The van der Waals surface area contributed by atoms with Crippen molar-refractivity contribution < 1.29 is 0 Å². The van der Waals surface area contributed by atoms with Gasteiger partial charge in [0.2, 0.25) is 0 Å². The van der Waals surface area contributed by atoms with E-state index in [4.69, 9.17) is 0 Å². The minimum absolute atomic E-state index is 0.766. The molecule has 4 aromatic rings. The van der Waals surface area contributed by atoms with Crippen LogP contribution in [0.4, 0.5) is 0 Å². The molecule has 0 N–H and O–H groups in total. The Balaban J connectivity index is 1.92. The second-order valence-electron chi connectivity index (χ2n) is 13.7. The number of rotatable bonds is 21. The van der Waals surface area contributed by atoms with Crippen molar-refractivity contribution in [3.8, 4) is 0 Å². The second kappa shape index (κ2) is 23.0.